The van der Waals surface area contributed by atoms with Crippen molar-refractivity contribution < 1.29 is 19.1 Å². The summed E-state index contributed by atoms with van der Waals surface area (Å²) in [4.78, 5) is 24.0. The van der Waals surface area contributed by atoms with Gasteiger partial charge in [0.25, 0.3) is 5.91 Å². The Morgan fingerprint density at radius 2 is 1.56 bits per heavy atom. The largest absolute Gasteiger partial charge is 0.488 e. The Morgan fingerprint density at radius 1 is 0.833 bits per heavy atom. The lowest BCUT2D eigenvalue weighted by Crippen LogP contribution is -2.35. The van der Waals surface area contributed by atoms with Crippen molar-refractivity contribution >= 4 is 40.6 Å². The van der Waals surface area contributed by atoms with Gasteiger partial charge in [0.15, 0.2) is 0 Å². The number of benzene rings is 4. The topological polar surface area (TPSA) is 89.0 Å². The van der Waals surface area contributed by atoms with E-state index < -0.39 is 12.0 Å². The monoisotopic (exact) mass is 501 g/mol. The number of rotatable bonds is 9. The van der Waals surface area contributed by atoms with E-state index in [4.69, 9.17) is 21.1 Å². The molecule has 0 bridgehead atoms. The first-order chi connectivity index (χ1) is 17.6. The molecule has 0 saturated carbocycles. The molecule has 0 spiro atoms. The summed E-state index contributed by atoms with van der Waals surface area (Å²) < 4.78 is 11.1. The number of carbonyl (C=O) groups excluding carboxylic acids is 2. The number of nitrogens with zero attached hydrogens (tertiary/aromatic N) is 1. The standard InChI is InChI=1S/C28H24ClN3O4/c29-23-13-10-21(11-14-23)18-35-26-15-12-22-8-4-5-9-24(22)25(26)16-31-32-27(33)17-30-28(34)36-19-20-6-2-1-3-7-20/h1-16H,17-19H2,(H,30,34)(H,32,33)/b31-16-. The molecule has 0 radical (unpaired) electrons. The lowest BCUT2D eigenvalue weighted by atomic mass is 10.0. The van der Waals surface area contributed by atoms with E-state index in [9.17, 15) is 9.59 Å². The third-order valence-corrected chi connectivity index (χ3v) is 5.48. The molecule has 0 heterocycles. The molecule has 0 unspecified atom stereocenters. The van der Waals surface area contributed by atoms with Gasteiger partial charge >= 0.3 is 6.09 Å². The molecule has 0 aliphatic heterocycles. The van der Waals surface area contributed by atoms with Crippen molar-refractivity contribution in [3.05, 3.63) is 113 Å². The van der Waals surface area contributed by atoms with Gasteiger partial charge in [0, 0.05) is 10.6 Å². The van der Waals surface area contributed by atoms with E-state index in [0.29, 0.717) is 17.4 Å². The minimum Gasteiger partial charge on any atom is -0.488 e. The van der Waals surface area contributed by atoms with Crippen LogP contribution in [0.3, 0.4) is 0 Å². The van der Waals surface area contributed by atoms with E-state index in [1.54, 1.807) is 0 Å². The molecule has 4 rings (SSSR count). The van der Waals surface area contributed by atoms with Crippen LogP contribution in [0.4, 0.5) is 4.79 Å². The highest BCUT2D eigenvalue weighted by molar-refractivity contribution is 6.30. The summed E-state index contributed by atoms with van der Waals surface area (Å²) in [7, 11) is 0. The zero-order chi connectivity index (χ0) is 25.2. The maximum atomic E-state index is 12.2. The SMILES string of the molecule is O=C(CNC(=O)OCc1ccccc1)N/N=C\c1c(OCc2ccc(Cl)cc2)ccc2ccccc12. The number of carbonyl (C=O) groups is 2. The quantitative estimate of drug-likeness (QED) is 0.236. The Hall–Kier alpha value is -4.36. The van der Waals surface area contributed by atoms with Crippen LogP contribution in [0.15, 0.2) is 96.1 Å². The number of fused-ring (bicyclic) bond motifs is 1. The number of hydrogen-bond acceptors (Lipinski definition) is 5. The molecule has 2 N–H and O–H groups in total. The van der Waals surface area contributed by atoms with Crippen molar-refractivity contribution in [1.82, 2.24) is 10.7 Å². The van der Waals surface area contributed by atoms with Crippen molar-refractivity contribution in [2.24, 2.45) is 5.10 Å². The molecular formula is C28H24ClN3O4. The maximum Gasteiger partial charge on any atom is 0.407 e. The van der Waals surface area contributed by atoms with Gasteiger partial charge in [-0.2, -0.15) is 5.10 Å². The first-order valence-electron chi connectivity index (χ1n) is 11.2. The van der Waals surface area contributed by atoms with Crippen molar-refractivity contribution in [3.63, 3.8) is 0 Å². The highest BCUT2D eigenvalue weighted by Crippen LogP contribution is 2.27. The Labute approximate surface area is 213 Å². The summed E-state index contributed by atoms with van der Waals surface area (Å²) in [6, 6.07) is 28.3. The highest BCUT2D eigenvalue weighted by Gasteiger charge is 2.09. The van der Waals surface area contributed by atoms with Gasteiger partial charge in [-0.15, -0.1) is 0 Å². The smallest absolute Gasteiger partial charge is 0.407 e. The molecule has 0 saturated heterocycles. The Balaban J connectivity index is 1.35. The van der Waals surface area contributed by atoms with Gasteiger partial charge in [0.2, 0.25) is 0 Å². The summed E-state index contributed by atoms with van der Waals surface area (Å²) in [5.41, 5.74) is 4.96. The predicted octanol–water partition coefficient (Wildman–Crippen LogP) is 5.45. The minimum atomic E-state index is -0.690. The fourth-order valence-electron chi connectivity index (χ4n) is 3.41. The van der Waals surface area contributed by atoms with Crippen LogP contribution in [0.1, 0.15) is 16.7 Å². The van der Waals surface area contributed by atoms with E-state index in [1.165, 1.54) is 6.21 Å². The van der Waals surface area contributed by atoms with Crippen LogP contribution in [0.2, 0.25) is 5.02 Å². The molecule has 0 aliphatic rings. The van der Waals surface area contributed by atoms with Crippen molar-refractivity contribution in [3.8, 4) is 5.75 Å². The molecule has 4 aromatic rings. The Bertz CT molecular complexity index is 1360. The summed E-state index contributed by atoms with van der Waals surface area (Å²) in [6.07, 6.45) is 0.843. The molecule has 4 aromatic carbocycles. The van der Waals surface area contributed by atoms with Crippen molar-refractivity contribution in [2.45, 2.75) is 13.2 Å². The molecule has 7 nitrogen and oxygen atoms in total. The fraction of sp³-hybridized carbons (Fsp3) is 0.107. The number of alkyl carbamates (subject to hydrolysis) is 1. The number of hydrogen-bond donors (Lipinski definition) is 2. The van der Waals surface area contributed by atoms with Gasteiger partial charge in [-0.1, -0.05) is 84.4 Å². The average molecular weight is 502 g/mol. The summed E-state index contributed by atoms with van der Waals surface area (Å²) in [5, 5.41) is 9.07. The lowest BCUT2D eigenvalue weighted by molar-refractivity contribution is -0.120. The summed E-state index contributed by atoms with van der Waals surface area (Å²) in [6.45, 7) is 0.185. The zero-order valence-corrected chi connectivity index (χ0v) is 20.1. The average Bonchev–Trinajstić information content (AvgIpc) is 2.91. The van der Waals surface area contributed by atoms with Crippen LogP contribution in [0.5, 0.6) is 5.75 Å². The maximum absolute atomic E-state index is 12.2. The van der Waals surface area contributed by atoms with E-state index in [-0.39, 0.29) is 13.2 Å². The number of amides is 2. The number of halogens is 1. The molecule has 36 heavy (non-hydrogen) atoms. The molecule has 0 aromatic heterocycles. The van der Waals surface area contributed by atoms with Gasteiger partial charge in [0.1, 0.15) is 25.5 Å². The second-order valence-corrected chi connectivity index (χ2v) is 8.26. The van der Waals surface area contributed by atoms with Gasteiger partial charge in [-0.3, -0.25) is 4.79 Å². The first-order valence-corrected chi connectivity index (χ1v) is 11.6. The third-order valence-electron chi connectivity index (χ3n) is 5.23. The van der Waals surface area contributed by atoms with Gasteiger partial charge in [-0.25, -0.2) is 10.2 Å². The molecule has 0 aliphatic carbocycles. The number of nitrogens with one attached hydrogen (secondary N) is 2. The van der Waals surface area contributed by atoms with Crippen molar-refractivity contribution in [2.75, 3.05) is 6.54 Å². The second kappa shape index (κ2) is 12.4. The van der Waals surface area contributed by atoms with E-state index >= 15 is 0 Å². The third kappa shape index (κ3) is 7.07. The molecular weight excluding hydrogens is 478 g/mol. The van der Waals surface area contributed by atoms with Crippen LogP contribution < -0.4 is 15.5 Å². The summed E-state index contributed by atoms with van der Waals surface area (Å²) >= 11 is 5.96. The number of ether oxygens (including phenoxy) is 2. The zero-order valence-electron chi connectivity index (χ0n) is 19.3. The first kappa shape index (κ1) is 24.8. The van der Waals surface area contributed by atoms with E-state index in [0.717, 1.165) is 27.5 Å². The van der Waals surface area contributed by atoms with Crippen LogP contribution >= 0.6 is 11.6 Å². The van der Waals surface area contributed by atoms with Gasteiger partial charge in [0.05, 0.1) is 6.21 Å². The van der Waals surface area contributed by atoms with E-state index in [1.807, 2.05) is 91.0 Å². The predicted molar refractivity (Wildman–Crippen MR) is 140 cm³/mol. The molecule has 182 valence electrons. The van der Waals surface area contributed by atoms with Gasteiger partial charge in [-0.05, 0) is 40.1 Å². The fourth-order valence-corrected chi connectivity index (χ4v) is 3.54. The van der Waals surface area contributed by atoms with Gasteiger partial charge < -0.3 is 14.8 Å². The second-order valence-electron chi connectivity index (χ2n) is 7.82. The van der Waals surface area contributed by atoms with Crippen LogP contribution in [-0.4, -0.2) is 24.8 Å². The molecule has 8 heteroatoms. The van der Waals surface area contributed by atoms with Crippen molar-refractivity contribution in [1.29, 1.82) is 0 Å². The van der Waals surface area contributed by atoms with Crippen LogP contribution in [-0.2, 0) is 22.7 Å². The lowest BCUT2D eigenvalue weighted by Gasteiger charge is -2.12. The molecule has 0 fully saturated rings. The van der Waals surface area contributed by atoms with E-state index in [2.05, 4.69) is 15.8 Å². The Morgan fingerprint density at radius 3 is 2.36 bits per heavy atom. The number of hydrazone groups is 1. The highest BCUT2D eigenvalue weighted by atomic mass is 35.5. The van der Waals surface area contributed by atoms with Crippen LogP contribution in [0.25, 0.3) is 10.8 Å². The molecule has 2 amide bonds. The minimum absolute atomic E-state index is 0.117. The molecule has 0 atom stereocenters. The summed E-state index contributed by atoms with van der Waals surface area (Å²) in [5.74, 6) is 0.121. The normalized spacial score (nSPS) is 10.8. The van der Waals surface area contributed by atoms with Crippen LogP contribution in [0, 0.1) is 0 Å². The Kier molecular flexibility index (Phi) is 8.51.